The lowest BCUT2D eigenvalue weighted by atomic mass is 10.2. The Morgan fingerprint density at radius 1 is 1.24 bits per heavy atom. The van der Waals surface area contributed by atoms with E-state index >= 15 is 0 Å². The molecule has 0 aliphatic heterocycles. The van der Waals surface area contributed by atoms with Gasteiger partial charge in [-0.1, -0.05) is 25.6 Å². The van der Waals surface area contributed by atoms with E-state index in [2.05, 4.69) is 57.6 Å². The van der Waals surface area contributed by atoms with Gasteiger partial charge in [-0.05, 0) is 25.8 Å². The molecular formula is C14H24N6S. The molecule has 0 saturated heterocycles. The lowest BCUT2D eigenvalue weighted by Gasteiger charge is -2.12. The van der Waals surface area contributed by atoms with Crippen molar-refractivity contribution in [3.05, 3.63) is 23.8 Å². The second-order valence-corrected chi connectivity index (χ2v) is 5.84. The summed E-state index contributed by atoms with van der Waals surface area (Å²) in [4.78, 5) is 0. The third kappa shape index (κ3) is 3.65. The number of thioether (sulfide) groups is 1. The van der Waals surface area contributed by atoms with E-state index in [4.69, 9.17) is 5.73 Å². The lowest BCUT2D eigenvalue weighted by Crippen LogP contribution is -2.08. The summed E-state index contributed by atoms with van der Waals surface area (Å²) in [5.74, 6) is 1.64. The van der Waals surface area contributed by atoms with Crippen LogP contribution in [0, 0.1) is 0 Å². The van der Waals surface area contributed by atoms with E-state index in [1.165, 1.54) is 0 Å². The predicted molar refractivity (Wildman–Crippen MR) is 85.0 cm³/mol. The maximum absolute atomic E-state index is 5.67. The van der Waals surface area contributed by atoms with Crippen molar-refractivity contribution in [2.75, 3.05) is 0 Å². The second kappa shape index (κ2) is 7.61. The van der Waals surface area contributed by atoms with Crippen LogP contribution in [0.5, 0.6) is 0 Å². The van der Waals surface area contributed by atoms with E-state index in [0.29, 0.717) is 12.6 Å². The molecule has 0 fully saturated rings. The van der Waals surface area contributed by atoms with Crippen LogP contribution < -0.4 is 5.73 Å². The molecule has 7 heteroatoms. The van der Waals surface area contributed by atoms with E-state index in [0.717, 1.165) is 41.8 Å². The van der Waals surface area contributed by atoms with E-state index in [1.54, 1.807) is 11.8 Å². The van der Waals surface area contributed by atoms with Crippen LogP contribution in [0.1, 0.15) is 51.2 Å². The summed E-state index contributed by atoms with van der Waals surface area (Å²) < 4.78 is 4.13. The average Bonchev–Trinajstić information content (AvgIpc) is 3.12. The first-order valence-electron chi connectivity index (χ1n) is 7.52. The first-order chi connectivity index (χ1) is 10.2. The predicted octanol–water partition coefficient (Wildman–Crippen LogP) is 2.61. The molecule has 2 N–H and O–H groups in total. The summed E-state index contributed by atoms with van der Waals surface area (Å²) in [6.07, 6.45) is 4.28. The zero-order valence-electron chi connectivity index (χ0n) is 13.0. The summed E-state index contributed by atoms with van der Waals surface area (Å²) in [7, 11) is 0. The van der Waals surface area contributed by atoms with E-state index < -0.39 is 0 Å². The minimum Gasteiger partial charge on any atom is -0.324 e. The zero-order chi connectivity index (χ0) is 15.2. The second-order valence-electron chi connectivity index (χ2n) is 4.89. The van der Waals surface area contributed by atoms with Gasteiger partial charge in [0.2, 0.25) is 0 Å². The summed E-state index contributed by atoms with van der Waals surface area (Å²) in [5, 5.41) is 13.9. The molecule has 21 heavy (non-hydrogen) atoms. The number of nitrogens with two attached hydrogens (primary N) is 1. The zero-order valence-corrected chi connectivity index (χ0v) is 13.8. The first kappa shape index (κ1) is 16.0. The quantitative estimate of drug-likeness (QED) is 0.759. The molecule has 0 atom stereocenters. The summed E-state index contributed by atoms with van der Waals surface area (Å²) in [6.45, 7) is 7.73. The molecule has 0 aliphatic rings. The molecule has 0 aromatic carbocycles. The topological polar surface area (TPSA) is 74.6 Å². The summed E-state index contributed by atoms with van der Waals surface area (Å²) in [5.41, 5.74) is 6.74. The number of nitrogens with zero attached hydrogens (tertiary/aromatic N) is 5. The molecule has 116 valence electrons. The highest BCUT2D eigenvalue weighted by molar-refractivity contribution is 7.98. The SMILES string of the molecule is CCC(CC)n1ccc(CSc2nnc(CN)n2CC)n1. The van der Waals surface area contributed by atoms with Gasteiger partial charge in [0.05, 0.1) is 18.3 Å². The van der Waals surface area contributed by atoms with Crippen LogP contribution in [0.15, 0.2) is 17.4 Å². The number of hydrogen-bond acceptors (Lipinski definition) is 5. The Morgan fingerprint density at radius 3 is 2.62 bits per heavy atom. The highest BCUT2D eigenvalue weighted by Gasteiger charge is 2.12. The van der Waals surface area contributed by atoms with E-state index in [9.17, 15) is 0 Å². The Labute approximate surface area is 130 Å². The van der Waals surface area contributed by atoms with Gasteiger partial charge in [-0.3, -0.25) is 4.68 Å². The summed E-state index contributed by atoms with van der Waals surface area (Å²) in [6, 6.07) is 2.58. The standard InChI is InChI=1S/C14H24N6S/c1-4-12(5-2)20-8-7-11(18-20)10-21-14-17-16-13(9-15)19(14)6-3/h7-8,12H,4-6,9-10,15H2,1-3H3. The molecule has 0 saturated carbocycles. The van der Waals surface area contributed by atoms with Crippen molar-refractivity contribution < 1.29 is 0 Å². The fourth-order valence-electron chi connectivity index (χ4n) is 2.35. The molecule has 0 unspecified atom stereocenters. The molecule has 2 heterocycles. The number of rotatable bonds is 8. The van der Waals surface area contributed by atoms with Crippen LogP contribution in [-0.2, 0) is 18.8 Å². The molecule has 0 amide bonds. The van der Waals surface area contributed by atoms with Crippen LogP contribution in [0.2, 0.25) is 0 Å². The Hall–Kier alpha value is -1.34. The van der Waals surface area contributed by atoms with Crippen LogP contribution in [0.25, 0.3) is 0 Å². The van der Waals surface area contributed by atoms with Gasteiger partial charge in [-0.15, -0.1) is 10.2 Å². The normalized spacial score (nSPS) is 11.5. The third-order valence-electron chi connectivity index (χ3n) is 3.62. The average molecular weight is 308 g/mol. The maximum Gasteiger partial charge on any atom is 0.191 e. The van der Waals surface area contributed by atoms with Gasteiger partial charge in [-0.25, -0.2) is 0 Å². The molecule has 2 aromatic heterocycles. The minimum absolute atomic E-state index is 0.421. The van der Waals surface area contributed by atoms with Gasteiger partial charge >= 0.3 is 0 Å². The largest absolute Gasteiger partial charge is 0.324 e. The lowest BCUT2D eigenvalue weighted by molar-refractivity contribution is 0.426. The summed E-state index contributed by atoms with van der Waals surface area (Å²) >= 11 is 1.66. The van der Waals surface area contributed by atoms with Crippen LogP contribution in [0.4, 0.5) is 0 Å². The third-order valence-corrected chi connectivity index (χ3v) is 4.62. The Bertz CT molecular complexity index is 558. The van der Waals surface area contributed by atoms with Crippen molar-refractivity contribution in [3.8, 4) is 0 Å². The van der Waals surface area contributed by atoms with Crippen molar-refractivity contribution in [1.82, 2.24) is 24.5 Å². The van der Waals surface area contributed by atoms with Gasteiger partial charge < -0.3 is 10.3 Å². The maximum atomic E-state index is 5.67. The van der Waals surface area contributed by atoms with Crippen molar-refractivity contribution in [1.29, 1.82) is 0 Å². The minimum atomic E-state index is 0.421. The highest BCUT2D eigenvalue weighted by Crippen LogP contribution is 2.22. The van der Waals surface area contributed by atoms with Gasteiger partial charge in [0, 0.05) is 18.5 Å². The van der Waals surface area contributed by atoms with Crippen molar-refractivity contribution in [3.63, 3.8) is 0 Å². The molecule has 0 radical (unpaired) electrons. The Balaban J connectivity index is 2.02. The first-order valence-corrected chi connectivity index (χ1v) is 8.50. The van der Waals surface area contributed by atoms with Crippen LogP contribution >= 0.6 is 11.8 Å². The monoisotopic (exact) mass is 308 g/mol. The molecule has 0 bridgehead atoms. The van der Waals surface area contributed by atoms with E-state index in [-0.39, 0.29) is 0 Å². The van der Waals surface area contributed by atoms with Gasteiger partial charge in [0.1, 0.15) is 5.82 Å². The number of hydrogen-bond donors (Lipinski definition) is 1. The Morgan fingerprint density at radius 2 is 2.00 bits per heavy atom. The fraction of sp³-hybridized carbons (Fsp3) is 0.643. The highest BCUT2D eigenvalue weighted by atomic mass is 32.2. The van der Waals surface area contributed by atoms with Gasteiger partial charge in [-0.2, -0.15) is 5.10 Å². The van der Waals surface area contributed by atoms with E-state index in [1.807, 2.05) is 0 Å². The molecule has 2 rings (SSSR count). The number of aromatic nitrogens is 5. The Kier molecular flexibility index (Phi) is 5.81. The van der Waals surface area contributed by atoms with Crippen LogP contribution in [-0.4, -0.2) is 24.5 Å². The van der Waals surface area contributed by atoms with Gasteiger partial charge in [0.15, 0.2) is 5.16 Å². The van der Waals surface area contributed by atoms with Gasteiger partial charge in [0.25, 0.3) is 0 Å². The molecule has 2 aromatic rings. The smallest absolute Gasteiger partial charge is 0.191 e. The molecule has 0 spiro atoms. The van der Waals surface area contributed by atoms with Crippen molar-refractivity contribution in [2.45, 2.75) is 63.7 Å². The van der Waals surface area contributed by atoms with Crippen molar-refractivity contribution in [2.24, 2.45) is 5.73 Å². The molecular weight excluding hydrogens is 284 g/mol. The fourth-order valence-corrected chi connectivity index (χ4v) is 3.27. The molecule has 6 nitrogen and oxygen atoms in total. The van der Waals surface area contributed by atoms with Crippen molar-refractivity contribution >= 4 is 11.8 Å². The molecule has 0 aliphatic carbocycles. The van der Waals surface area contributed by atoms with Crippen LogP contribution in [0.3, 0.4) is 0 Å².